The molecule has 1 fully saturated rings. The van der Waals surface area contributed by atoms with E-state index in [1.807, 2.05) is 24.3 Å². The molecule has 0 saturated carbocycles. The number of piperidine rings is 1. The van der Waals surface area contributed by atoms with Crippen molar-refractivity contribution in [1.82, 2.24) is 20.4 Å². The smallest absolute Gasteiger partial charge is 0.253 e. The number of nitrogens with one attached hydrogen (secondary N) is 2. The van der Waals surface area contributed by atoms with Gasteiger partial charge in [-0.3, -0.25) is 9.79 Å². The van der Waals surface area contributed by atoms with Gasteiger partial charge in [-0.15, -0.1) is 0 Å². The van der Waals surface area contributed by atoms with Crippen molar-refractivity contribution < 1.29 is 4.79 Å². The van der Waals surface area contributed by atoms with Crippen LogP contribution < -0.4 is 10.6 Å². The summed E-state index contributed by atoms with van der Waals surface area (Å²) in [5.74, 6) is 1.52. The lowest BCUT2D eigenvalue weighted by molar-refractivity contribution is 0.0827. The van der Waals surface area contributed by atoms with E-state index in [2.05, 4.69) is 27.6 Å². The van der Waals surface area contributed by atoms with E-state index < -0.39 is 0 Å². The summed E-state index contributed by atoms with van der Waals surface area (Å²) in [6.45, 7) is 3.97. The maximum absolute atomic E-state index is 11.9. The maximum atomic E-state index is 11.9. The van der Waals surface area contributed by atoms with E-state index in [0.29, 0.717) is 18.0 Å². The van der Waals surface area contributed by atoms with Crippen molar-refractivity contribution in [2.75, 3.05) is 47.8 Å². The lowest BCUT2D eigenvalue weighted by atomic mass is 9.99. The molecular formula is C19H31N5O. The molecule has 2 N–H and O–H groups in total. The number of carbonyl (C=O) groups excluding carboxylic acids is 1. The summed E-state index contributed by atoms with van der Waals surface area (Å²) in [6.07, 6.45) is 2.54. The Kier molecular flexibility index (Phi) is 7.25. The van der Waals surface area contributed by atoms with Gasteiger partial charge in [0.25, 0.3) is 5.91 Å². The van der Waals surface area contributed by atoms with Crippen molar-refractivity contribution in [3.63, 3.8) is 0 Å². The summed E-state index contributed by atoms with van der Waals surface area (Å²) in [6, 6.07) is 7.70. The molecule has 0 spiro atoms. The topological polar surface area (TPSA) is 60.0 Å². The number of likely N-dealkylation sites (tertiary alicyclic amines) is 1. The molecule has 138 valence electrons. The second-order valence-corrected chi connectivity index (χ2v) is 6.97. The third-order valence-electron chi connectivity index (χ3n) is 4.57. The molecule has 1 aliphatic rings. The number of nitrogens with zero attached hydrogens (tertiary/aromatic N) is 3. The Balaban J connectivity index is 1.79. The summed E-state index contributed by atoms with van der Waals surface area (Å²) in [5, 5.41) is 6.76. The Morgan fingerprint density at radius 3 is 2.60 bits per heavy atom. The molecule has 0 radical (unpaired) electrons. The molecule has 1 atom stereocenters. The highest BCUT2D eigenvalue weighted by Crippen LogP contribution is 2.13. The largest absolute Gasteiger partial charge is 0.356 e. The normalized spacial score (nSPS) is 18.7. The van der Waals surface area contributed by atoms with E-state index in [0.717, 1.165) is 24.6 Å². The van der Waals surface area contributed by atoms with Crippen LogP contribution >= 0.6 is 0 Å². The number of hydrogen-bond donors (Lipinski definition) is 2. The molecule has 0 aromatic heterocycles. The van der Waals surface area contributed by atoms with Gasteiger partial charge in [0.05, 0.1) is 0 Å². The second kappa shape index (κ2) is 9.42. The second-order valence-electron chi connectivity index (χ2n) is 6.97. The van der Waals surface area contributed by atoms with Gasteiger partial charge in [0, 0.05) is 46.3 Å². The fourth-order valence-electron chi connectivity index (χ4n) is 3.11. The zero-order valence-electron chi connectivity index (χ0n) is 15.9. The minimum absolute atomic E-state index is 0.0226. The molecule has 1 aromatic carbocycles. The van der Waals surface area contributed by atoms with Gasteiger partial charge in [0.1, 0.15) is 0 Å². The molecule has 25 heavy (non-hydrogen) atoms. The highest BCUT2D eigenvalue weighted by molar-refractivity contribution is 5.93. The monoisotopic (exact) mass is 345 g/mol. The predicted octanol–water partition coefficient (Wildman–Crippen LogP) is 1.40. The number of hydrogen-bond acceptors (Lipinski definition) is 3. The number of guanidine groups is 1. The molecule has 1 unspecified atom stereocenters. The van der Waals surface area contributed by atoms with Crippen molar-refractivity contribution in [1.29, 1.82) is 0 Å². The van der Waals surface area contributed by atoms with Crippen LogP contribution in [0.15, 0.2) is 29.3 Å². The zero-order valence-corrected chi connectivity index (χ0v) is 15.9. The molecule has 6 heteroatoms. The van der Waals surface area contributed by atoms with Gasteiger partial charge in [-0.25, -0.2) is 0 Å². The van der Waals surface area contributed by atoms with E-state index in [-0.39, 0.29) is 5.91 Å². The van der Waals surface area contributed by atoms with E-state index in [9.17, 15) is 4.79 Å². The summed E-state index contributed by atoms with van der Waals surface area (Å²) >= 11 is 0. The first-order chi connectivity index (χ1) is 12.0. The van der Waals surface area contributed by atoms with Crippen molar-refractivity contribution in [3.8, 4) is 0 Å². The van der Waals surface area contributed by atoms with Crippen LogP contribution in [0.3, 0.4) is 0 Å². The van der Waals surface area contributed by atoms with Gasteiger partial charge in [-0.05, 0) is 50.0 Å². The van der Waals surface area contributed by atoms with Crippen LogP contribution in [0.5, 0.6) is 0 Å². The Hall–Kier alpha value is -2.08. The first-order valence-electron chi connectivity index (χ1n) is 8.93. The van der Waals surface area contributed by atoms with E-state index in [4.69, 9.17) is 0 Å². The Bertz CT molecular complexity index is 582. The van der Waals surface area contributed by atoms with Crippen LogP contribution in [0.2, 0.25) is 0 Å². The Morgan fingerprint density at radius 2 is 2.00 bits per heavy atom. The molecule has 0 bridgehead atoms. The minimum Gasteiger partial charge on any atom is -0.356 e. The van der Waals surface area contributed by atoms with Crippen molar-refractivity contribution in [3.05, 3.63) is 35.4 Å². The number of benzene rings is 1. The quantitative estimate of drug-likeness (QED) is 0.625. The SMILES string of the molecule is CN=C(NCc1ccc(C(=O)N(C)C)cc1)NCC1CCCN(C)C1. The van der Waals surface area contributed by atoms with Gasteiger partial charge in [-0.1, -0.05) is 12.1 Å². The number of aliphatic imine (C=N–C) groups is 1. The lowest BCUT2D eigenvalue weighted by Gasteiger charge is -2.30. The van der Waals surface area contributed by atoms with Crippen molar-refractivity contribution in [2.24, 2.45) is 10.9 Å². The fourth-order valence-corrected chi connectivity index (χ4v) is 3.11. The average molecular weight is 345 g/mol. The molecule has 1 saturated heterocycles. The molecule has 6 nitrogen and oxygen atoms in total. The average Bonchev–Trinajstić information content (AvgIpc) is 2.61. The van der Waals surface area contributed by atoms with Crippen LogP contribution in [0, 0.1) is 5.92 Å². The fraction of sp³-hybridized carbons (Fsp3) is 0.579. The number of carbonyl (C=O) groups is 1. The summed E-state index contributed by atoms with van der Waals surface area (Å²) < 4.78 is 0. The zero-order chi connectivity index (χ0) is 18.2. The summed E-state index contributed by atoms with van der Waals surface area (Å²) in [7, 11) is 7.50. The van der Waals surface area contributed by atoms with Gasteiger partial charge >= 0.3 is 0 Å². The standard InChI is InChI=1S/C19H31N5O/c1-20-19(22-13-16-6-5-11-24(4)14-16)21-12-15-7-9-17(10-8-15)18(25)23(2)3/h7-10,16H,5-6,11-14H2,1-4H3,(H2,20,21,22). The van der Waals surface area contributed by atoms with Crippen molar-refractivity contribution >= 4 is 11.9 Å². The van der Waals surface area contributed by atoms with Gasteiger partial charge in [0.2, 0.25) is 0 Å². The van der Waals surface area contributed by atoms with Crippen LogP contribution in [0.1, 0.15) is 28.8 Å². The van der Waals surface area contributed by atoms with Crippen LogP contribution in [-0.4, -0.2) is 69.5 Å². The first-order valence-corrected chi connectivity index (χ1v) is 8.93. The molecular weight excluding hydrogens is 314 g/mol. The number of amides is 1. The van der Waals surface area contributed by atoms with E-state index >= 15 is 0 Å². The molecule has 1 aromatic rings. The van der Waals surface area contributed by atoms with Gasteiger partial charge in [-0.2, -0.15) is 0 Å². The van der Waals surface area contributed by atoms with Gasteiger partial charge < -0.3 is 20.4 Å². The first kappa shape index (κ1) is 19.2. The summed E-state index contributed by atoms with van der Waals surface area (Å²) in [4.78, 5) is 20.2. The van der Waals surface area contributed by atoms with E-state index in [1.54, 1.807) is 26.0 Å². The third kappa shape index (κ3) is 6.05. The molecule has 0 aliphatic carbocycles. The van der Waals surface area contributed by atoms with Crippen molar-refractivity contribution in [2.45, 2.75) is 19.4 Å². The van der Waals surface area contributed by atoms with Crippen LogP contribution in [0.4, 0.5) is 0 Å². The van der Waals surface area contributed by atoms with Crippen LogP contribution in [0.25, 0.3) is 0 Å². The Labute approximate surface area is 151 Å². The van der Waals surface area contributed by atoms with Gasteiger partial charge in [0.15, 0.2) is 5.96 Å². The molecule has 1 aliphatic heterocycles. The highest BCUT2D eigenvalue weighted by Gasteiger charge is 2.17. The maximum Gasteiger partial charge on any atom is 0.253 e. The molecule has 1 amide bonds. The van der Waals surface area contributed by atoms with E-state index in [1.165, 1.54) is 19.4 Å². The predicted molar refractivity (Wildman–Crippen MR) is 103 cm³/mol. The minimum atomic E-state index is 0.0226. The van der Waals surface area contributed by atoms with Crippen LogP contribution in [-0.2, 0) is 6.54 Å². The third-order valence-corrected chi connectivity index (χ3v) is 4.57. The number of rotatable bonds is 5. The molecule has 2 rings (SSSR count). The highest BCUT2D eigenvalue weighted by atomic mass is 16.2. The Morgan fingerprint density at radius 1 is 1.28 bits per heavy atom. The summed E-state index contributed by atoms with van der Waals surface area (Å²) in [5.41, 5.74) is 1.83. The lowest BCUT2D eigenvalue weighted by Crippen LogP contribution is -2.43. The molecule has 1 heterocycles.